The van der Waals surface area contributed by atoms with Crippen LogP contribution in [0.5, 0.6) is 0 Å². The average Bonchev–Trinajstić information content (AvgIpc) is 2.73. The molecule has 4 nitrogen and oxygen atoms in total. The van der Waals surface area contributed by atoms with Crippen molar-refractivity contribution in [2.24, 2.45) is 0 Å². The number of aromatic nitrogens is 3. The first-order valence-electron chi connectivity index (χ1n) is 7.57. The fourth-order valence-corrected chi connectivity index (χ4v) is 2.88. The van der Waals surface area contributed by atoms with Crippen LogP contribution in [-0.4, -0.2) is 21.2 Å². The van der Waals surface area contributed by atoms with E-state index in [4.69, 9.17) is 0 Å². The average molecular weight is 270 g/mol. The minimum Gasteiger partial charge on any atom is -0.382 e. The van der Waals surface area contributed by atoms with Gasteiger partial charge in [-0.3, -0.25) is 5.10 Å². The predicted octanol–water partition coefficient (Wildman–Crippen LogP) is 3.91. The zero-order valence-electron chi connectivity index (χ0n) is 12.0. The highest BCUT2D eigenvalue weighted by Gasteiger charge is 2.12. The van der Waals surface area contributed by atoms with Crippen molar-refractivity contribution < 1.29 is 0 Å². The molecule has 0 atom stereocenters. The molecule has 4 heteroatoms. The third-order valence-electron chi connectivity index (χ3n) is 3.94. The van der Waals surface area contributed by atoms with Gasteiger partial charge >= 0.3 is 0 Å². The SMILES string of the molecule is Cc1nc(-c2cccc(NC3CCCCCC3)c2)n[nH]1. The number of H-pyrrole nitrogens is 1. The van der Waals surface area contributed by atoms with E-state index >= 15 is 0 Å². The molecule has 0 amide bonds. The Morgan fingerprint density at radius 1 is 1.15 bits per heavy atom. The molecule has 0 spiro atoms. The summed E-state index contributed by atoms with van der Waals surface area (Å²) >= 11 is 0. The number of aryl methyl sites for hydroxylation is 1. The Morgan fingerprint density at radius 2 is 1.95 bits per heavy atom. The van der Waals surface area contributed by atoms with Crippen LogP contribution in [0.4, 0.5) is 5.69 Å². The van der Waals surface area contributed by atoms with E-state index in [2.05, 4.69) is 44.8 Å². The summed E-state index contributed by atoms with van der Waals surface area (Å²) in [6.45, 7) is 1.92. The second-order valence-electron chi connectivity index (χ2n) is 5.66. The second-order valence-corrected chi connectivity index (χ2v) is 5.66. The van der Waals surface area contributed by atoms with Crippen molar-refractivity contribution in [3.8, 4) is 11.4 Å². The van der Waals surface area contributed by atoms with Crippen molar-refractivity contribution in [2.75, 3.05) is 5.32 Å². The van der Waals surface area contributed by atoms with Gasteiger partial charge in [-0.15, -0.1) is 0 Å². The molecule has 1 aromatic heterocycles. The number of nitrogens with zero attached hydrogens (tertiary/aromatic N) is 2. The van der Waals surface area contributed by atoms with Crippen molar-refractivity contribution >= 4 is 5.69 Å². The molecule has 1 aliphatic carbocycles. The lowest BCUT2D eigenvalue weighted by Gasteiger charge is -2.17. The molecule has 1 fully saturated rings. The van der Waals surface area contributed by atoms with E-state index in [-0.39, 0.29) is 0 Å². The Hall–Kier alpha value is -1.84. The summed E-state index contributed by atoms with van der Waals surface area (Å²) in [6.07, 6.45) is 8.02. The van der Waals surface area contributed by atoms with Crippen LogP contribution >= 0.6 is 0 Å². The van der Waals surface area contributed by atoms with Gasteiger partial charge in [0, 0.05) is 17.3 Å². The van der Waals surface area contributed by atoms with Crippen LogP contribution in [-0.2, 0) is 0 Å². The minimum atomic E-state index is 0.613. The second kappa shape index (κ2) is 6.07. The van der Waals surface area contributed by atoms with Gasteiger partial charge in [-0.05, 0) is 31.9 Å². The summed E-state index contributed by atoms with van der Waals surface area (Å²) in [5.41, 5.74) is 2.24. The summed E-state index contributed by atoms with van der Waals surface area (Å²) in [5.74, 6) is 1.62. The molecule has 1 aliphatic rings. The third kappa shape index (κ3) is 3.18. The first-order chi connectivity index (χ1) is 9.81. The van der Waals surface area contributed by atoms with Gasteiger partial charge in [0.2, 0.25) is 0 Å². The molecule has 3 rings (SSSR count). The number of aromatic amines is 1. The van der Waals surface area contributed by atoms with Gasteiger partial charge in [-0.1, -0.05) is 37.8 Å². The number of rotatable bonds is 3. The smallest absolute Gasteiger partial charge is 0.181 e. The number of benzene rings is 1. The minimum absolute atomic E-state index is 0.613. The summed E-state index contributed by atoms with van der Waals surface area (Å²) in [6, 6.07) is 9.02. The molecule has 0 aliphatic heterocycles. The van der Waals surface area contributed by atoms with Crippen LogP contribution in [0, 0.1) is 6.92 Å². The normalized spacial score (nSPS) is 16.9. The Labute approximate surface area is 120 Å². The summed E-state index contributed by atoms with van der Waals surface area (Å²) in [5, 5.41) is 10.8. The lowest BCUT2D eigenvalue weighted by Crippen LogP contribution is -2.18. The summed E-state index contributed by atoms with van der Waals surface area (Å²) in [7, 11) is 0. The van der Waals surface area contributed by atoms with E-state index in [1.807, 2.05) is 6.92 Å². The molecule has 1 heterocycles. The third-order valence-corrected chi connectivity index (χ3v) is 3.94. The van der Waals surface area contributed by atoms with E-state index in [1.165, 1.54) is 44.2 Å². The molecule has 1 aromatic carbocycles. The molecule has 0 unspecified atom stereocenters. The van der Waals surface area contributed by atoms with Crippen molar-refractivity contribution in [1.29, 1.82) is 0 Å². The van der Waals surface area contributed by atoms with Gasteiger partial charge < -0.3 is 5.32 Å². The largest absolute Gasteiger partial charge is 0.382 e. The number of hydrogen-bond acceptors (Lipinski definition) is 3. The van der Waals surface area contributed by atoms with E-state index in [9.17, 15) is 0 Å². The molecule has 0 bridgehead atoms. The first-order valence-corrected chi connectivity index (χ1v) is 7.57. The van der Waals surface area contributed by atoms with Crippen LogP contribution in [0.25, 0.3) is 11.4 Å². The van der Waals surface area contributed by atoms with Crippen molar-refractivity contribution in [3.05, 3.63) is 30.1 Å². The highest BCUT2D eigenvalue weighted by Crippen LogP contribution is 2.24. The van der Waals surface area contributed by atoms with Gasteiger partial charge in [0.1, 0.15) is 5.82 Å². The van der Waals surface area contributed by atoms with Crippen LogP contribution in [0.3, 0.4) is 0 Å². The van der Waals surface area contributed by atoms with Crippen LogP contribution < -0.4 is 5.32 Å². The summed E-state index contributed by atoms with van der Waals surface area (Å²) in [4.78, 5) is 4.39. The molecule has 2 aromatic rings. The van der Waals surface area contributed by atoms with E-state index in [0.29, 0.717) is 6.04 Å². The molecule has 1 saturated carbocycles. The molecular formula is C16H22N4. The maximum atomic E-state index is 4.39. The molecule has 0 saturated heterocycles. The highest BCUT2D eigenvalue weighted by molar-refractivity contribution is 5.62. The molecular weight excluding hydrogens is 248 g/mol. The lowest BCUT2D eigenvalue weighted by atomic mass is 10.1. The maximum absolute atomic E-state index is 4.39. The van der Waals surface area contributed by atoms with Crippen molar-refractivity contribution in [1.82, 2.24) is 15.2 Å². The maximum Gasteiger partial charge on any atom is 0.181 e. The Kier molecular flexibility index (Phi) is 4.00. The Balaban J connectivity index is 1.73. The van der Waals surface area contributed by atoms with E-state index in [1.54, 1.807) is 0 Å². The van der Waals surface area contributed by atoms with Gasteiger partial charge in [0.15, 0.2) is 5.82 Å². The molecule has 106 valence electrons. The van der Waals surface area contributed by atoms with Gasteiger partial charge in [0.25, 0.3) is 0 Å². The zero-order valence-corrected chi connectivity index (χ0v) is 12.0. The van der Waals surface area contributed by atoms with Gasteiger partial charge in [-0.2, -0.15) is 5.10 Å². The topological polar surface area (TPSA) is 53.6 Å². The highest BCUT2D eigenvalue weighted by atomic mass is 15.2. The molecule has 20 heavy (non-hydrogen) atoms. The van der Waals surface area contributed by atoms with E-state index in [0.717, 1.165) is 17.2 Å². The quantitative estimate of drug-likeness (QED) is 0.831. The number of nitrogens with one attached hydrogen (secondary N) is 2. The first kappa shape index (κ1) is 13.2. The Morgan fingerprint density at radius 3 is 2.65 bits per heavy atom. The van der Waals surface area contributed by atoms with Crippen molar-refractivity contribution in [3.63, 3.8) is 0 Å². The monoisotopic (exact) mass is 270 g/mol. The van der Waals surface area contributed by atoms with E-state index < -0.39 is 0 Å². The molecule has 2 N–H and O–H groups in total. The fraction of sp³-hybridized carbons (Fsp3) is 0.500. The van der Waals surface area contributed by atoms with Crippen LogP contribution in [0.15, 0.2) is 24.3 Å². The zero-order chi connectivity index (χ0) is 13.8. The Bertz CT molecular complexity index is 553. The van der Waals surface area contributed by atoms with Crippen LogP contribution in [0.2, 0.25) is 0 Å². The fourth-order valence-electron chi connectivity index (χ4n) is 2.88. The van der Waals surface area contributed by atoms with Crippen molar-refractivity contribution in [2.45, 2.75) is 51.5 Å². The van der Waals surface area contributed by atoms with Crippen LogP contribution in [0.1, 0.15) is 44.3 Å². The van der Waals surface area contributed by atoms with Gasteiger partial charge in [0.05, 0.1) is 0 Å². The predicted molar refractivity (Wildman–Crippen MR) is 81.7 cm³/mol. The summed E-state index contributed by atoms with van der Waals surface area (Å²) < 4.78 is 0. The number of hydrogen-bond donors (Lipinski definition) is 2. The van der Waals surface area contributed by atoms with Gasteiger partial charge in [-0.25, -0.2) is 4.98 Å². The number of anilines is 1. The standard InChI is InChI=1S/C16H22N4/c1-12-17-16(20-19-12)13-7-6-10-15(11-13)18-14-8-4-2-3-5-9-14/h6-7,10-11,14,18H,2-5,8-9H2,1H3,(H,17,19,20). The molecule has 0 radical (unpaired) electrons. The lowest BCUT2D eigenvalue weighted by molar-refractivity contribution is 0.620.